The van der Waals surface area contributed by atoms with E-state index in [-0.39, 0.29) is 24.5 Å². The van der Waals surface area contributed by atoms with Crippen LogP contribution >= 0.6 is 0 Å². The minimum absolute atomic E-state index is 0.0416. The lowest BCUT2D eigenvalue weighted by Gasteiger charge is -2.36. The third-order valence-electron chi connectivity index (χ3n) is 5.43. The van der Waals surface area contributed by atoms with Crippen molar-refractivity contribution in [2.45, 2.75) is 37.4 Å². The number of piperazine rings is 1. The van der Waals surface area contributed by atoms with Crippen molar-refractivity contribution in [1.82, 2.24) is 16.0 Å². The van der Waals surface area contributed by atoms with Crippen LogP contribution in [0.2, 0.25) is 0 Å². The van der Waals surface area contributed by atoms with Crippen LogP contribution in [0.5, 0.6) is 11.5 Å². The van der Waals surface area contributed by atoms with Gasteiger partial charge in [0.15, 0.2) is 0 Å². The number of carbonyl (C=O) groups excluding carboxylic acids is 1. The van der Waals surface area contributed by atoms with E-state index in [2.05, 4.69) is 22.0 Å². The van der Waals surface area contributed by atoms with E-state index in [1.54, 1.807) is 7.11 Å². The summed E-state index contributed by atoms with van der Waals surface area (Å²) in [6.45, 7) is 2.03. The molecule has 1 saturated carbocycles. The summed E-state index contributed by atoms with van der Waals surface area (Å²) in [5.74, 6) is 2.16. The zero-order chi connectivity index (χ0) is 20.6. The van der Waals surface area contributed by atoms with Crippen molar-refractivity contribution < 1.29 is 24.2 Å². The second-order valence-electron chi connectivity index (χ2n) is 7.48. The van der Waals surface area contributed by atoms with Crippen molar-refractivity contribution in [3.63, 3.8) is 0 Å². The topological polar surface area (TPSA) is 109 Å². The molecule has 0 aromatic heterocycles. The molecule has 2 aliphatic heterocycles. The van der Waals surface area contributed by atoms with E-state index in [9.17, 15) is 4.79 Å². The van der Waals surface area contributed by atoms with Crippen LogP contribution in [-0.4, -0.2) is 62.4 Å². The van der Waals surface area contributed by atoms with E-state index < -0.39 is 0 Å². The van der Waals surface area contributed by atoms with Crippen LogP contribution in [0.15, 0.2) is 35.9 Å². The Morgan fingerprint density at radius 3 is 2.62 bits per heavy atom. The lowest BCUT2D eigenvalue weighted by Crippen LogP contribution is -2.59. The number of amides is 1. The first kappa shape index (κ1) is 21.1. The Bertz CT molecular complexity index is 718. The van der Waals surface area contributed by atoms with Crippen LogP contribution in [0.25, 0.3) is 0 Å². The highest BCUT2D eigenvalue weighted by atomic mass is 16.5. The fourth-order valence-electron chi connectivity index (χ4n) is 3.72. The molecule has 1 aromatic carbocycles. The average molecular weight is 403 g/mol. The summed E-state index contributed by atoms with van der Waals surface area (Å²) in [5.41, 5.74) is 0.864. The summed E-state index contributed by atoms with van der Waals surface area (Å²) in [6.07, 6.45) is 5.32. The monoisotopic (exact) mass is 403 g/mol. The molecule has 0 radical (unpaired) electrons. The third-order valence-corrected chi connectivity index (χ3v) is 5.43. The first-order valence-electron chi connectivity index (χ1n) is 9.97. The summed E-state index contributed by atoms with van der Waals surface area (Å²) in [6, 6.07) is 8.17. The number of carbonyl (C=O) groups is 2. The first-order valence-corrected chi connectivity index (χ1v) is 9.97. The Hall–Kier alpha value is -2.58. The Labute approximate surface area is 170 Å². The van der Waals surface area contributed by atoms with Crippen LogP contribution in [-0.2, 0) is 9.59 Å². The molecule has 2 bridgehead atoms. The Morgan fingerprint density at radius 2 is 1.97 bits per heavy atom. The van der Waals surface area contributed by atoms with Gasteiger partial charge in [-0.3, -0.25) is 9.59 Å². The SMILES string of the molecule is COc1ccc(OCC(NC(=O)C2=CCC3CNCC2N3)C2CC2)cc1.O=CO. The second-order valence-corrected chi connectivity index (χ2v) is 7.48. The smallest absolute Gasteiger partial charge is 0.290 e. The first-order chi connectivity index (χ1) is 14.1. The molecular weight excluding hydrogens is 374 g/mol. The summed E-state index contributed by atoms with van der Waals surface area (Å²) in [4.78, 5) is 21.2. The molecule has 158 valence electrons. The molecule has 2 fully saturated rings. The van der Waals surface area contributed by atoms with Gasteiger partial charge in [-0.05, 0) is 49.4 Å². The molecule has 2 heterocycles. The number of methoxy groups -OCH3 is 1. The molecule has 4 N–H and O–H groups in total. The zero-order valence-electron chi connectivity index (χ0n) is 16.6. The number of benzene rings is 1. The highest BCUT2D eigenvalue weighted by molar-refractivity contribution is 5.95. The zero-order valence-corrected chi connectivity index (χ0v) is 16.6. The van der Waals surface area contributed by atoms with E-state index in [1.807, 2.05) is 24.3 Å². The predicted molar refractivity (Wildman–Crippen MR) is 108 cm³/mol. The maximum absolute atomic E-state index is 12.8. The Morgan fingerprint density at radius 1 is 1.28 bits per heavy atom. The number of nitrogens with one attached hydrogen (secondary N) is 3. The van der Waals surface area contributed by atoms with Crippen molar-refractivity contribution in [3.05, 3.63) is 35.9 Å². The number of rotatable bonds is 7. The molecule has 8 heteroatoms. The van der Waals surface area contributed by atoms with E-state index >= 15 is 0 Å². The number of ether oxygens (including phenoxy) is 2. The lowest BCUT2D eigenvalue weighted by molar-refractivity contribution is -0.123. The van der Waals surface area contributed by atoms with Gasteiger partial charge in [0.2, 0.25) is 5.91 Å². The molecule has 0 spiro atoms. The summed E-state index contributed by atoms with van der Waals surface area (Å²) in [5, 5.41) is 17.0. The molecule has 1 saturated heterocycles. The molecular formula is C21H29N3O5. The average Bonchev–Trinajstić information content (AvgIpc) is 3.57. The quantitative estimate of drug-likeness (QED) is 0.502. The Balaban J connectivity index is 0.000000755. The maximum atomic E-state index is 12.8. The lowest BCUT2D eigenvalue weighted by atomic mass is 9.93. The molecule has 1 amide bonds. The molecule has 3 atom stereocenters. The van der Waals surface area contributed by atoms with Gasteiger partial charge in [-0.2, -0.15) is 0 Å². The molecule has 3 aliphatic rings. The highest BCUT2D eigenvalue weighted by Gasteiger charge is 2.36. The van der Waals surface area contributed by atoms with Crippen LogP contribution in [0.3, 0.4) is 0 Å². The molecule has 4 rings (SSSR count). The fraction of sp³-hybridized carbons (Fsp3) is 0.524. The van der Waals surface area contributed by atoms with Crippen molar-refractivity contribution in [2.24, 2.45) is 5.92 Å². The summed E-state index contributed by atoms with van der Waals surface area (Å²) < 4.78 is 11.1. The van der Waals surface area contributed by atoms with E-state index in [4.69, 9.17) is 19.4 Å². The number of fused-ring (bicyclic) bond motifs is 2. The molecule has 1 aliphatic carbocycles. The maximum Gasteiger partial charge on any atom is 0.290 e. The van der Waals surface area contributed by atoms with Crippen molar-refractivity contribution >= 4 is 12.4 Å². The van der Waals surface area contributed by atoms with Gasteiger partial charge in [-0.25, -0.2) is 0 Å². The van der Waals surface area contributed by atoms with Crippen molar-refractivity contribution in [2.75, 3.05) is 26.8 Å². The minimum Gasteiger partial charge on any atom is -0.497 e. The molecule has 1 aromatic rings. The van der Waals surface area contributed by atoms with E-state index in [0.29, 0.717) is 18.6 Å². The van der Waals surface area contributed by atoms with Gasteiger partial charge < -0.3 is 30.5 Å². The number of hydrogen-bond donors (Lipinski definition) is 4. The summed E-state index contributed by atoms with van der Waals surface area (Å²) in [7, 11) is 1.65. The van der Waals surface area contributed by atoms with Gasteiger partial charge in [0.25, 0.3) is 6.47 Å². The second kappa shape index (κ2) is 10.3. The van der Waals surface area contributed by atoms with Gasteiger partial charge >= 0.3 is 0 Å². The predicted octanol–water partition coefficient (Wildman–Crippen LogP) is 0.930. The molecule has 8 nitrogen and oxygen atoms in total. The minimum atomic E-state index is -0.250. The largest absolute Gasteiger partial charge is 0.497 e. The van der Waals surface area contributed by atoms with Gasteiger partial charge in [0.05, 0.1) is 19.2 Å². The van der Waals surface area contributed by atoms with Gasteiger partial charge in [-0.1, -0.05) is 6.08 Å². The van der Waals surface area contributed by atoms with Gasteiger partial charge in [-0.15, -0.1) is 0 Å². The number of carboxylic acid groups (broad SMARTS) is 1. The molecule has 3 unspecified atom stereocenters. The van der Waals surface area contributed by atoms with Crippen molar-refractivity contribution in [1.29, 1.82) is 0 Å². The van der Waals surface area contributed by atoms with Crippen LogP contribution in [0.4, 0.5) is 0 Å². The van der Waals surface area contributed by atoms with Gasteiger partial charge in [0.1, 0.15) is 18.1 Å². The highest BCUT2D eigenvalue weighted by Crippen LogP contribution is 2.33. The standard InChI is InChI=1S/C20H27N3O3.CH2O2/c1-25-15-5-7-16(8-6-15)26-12-19(13-2-3-13)23-20(24)17-9-4-14-10-21-11-18(17)22-14;2-1-3/h5-9,13-14,18-19,21-22H,2-4,10-12H2,1H3,(H,23,24);1H,(H,2,3). The van der Waals surface area contributed by atoms with E-state index in [0.717, 1.165) is 49.4 Å². The number of hydrogen-bond acceptors (Lipinski definition) is 6. The Kier molecular flexibility index (Phi) is 7.48. The van der Waals surface area contributed by atoms with Gasteiger partial charge in [0, 0.05) is 24.7 Å². The van der Waals surface area contributed by atoms with Crippen LogP contribution in [0, 0.1) is 5.92 Å². The van der Waals surface area contributed by atoms with Crippen LogP contribution < -0.4 is 25.4 Å². The van der Waals surface area contributed by atoms with E-state index in [1.165, 1.54) is 0 Å². The third kappa shape index (κ3) is 5.95. The van der Waals surface area contributed by atoms with Crippen LogP contribution in [0.1, 0.15) is 19.3 Å². The van der Waals surface area contributed by atoms with Crippen molar-refractivity contribution in [3.8, 4) is 11.5 Å². The normalized spacial score (nSPS) is 23.6. The fourth-order valence-corrected chi connectivity index (χ4v) is 3.72. The summed E-state index contributed by atoms with van der Waals surface area (Å²) >= 11 is 0. The molecule has 29 heavy (non-hydrogen) atoms.